The molecule has 1 fully saturated rings. The SMILES string of the molecule is CC(=O)Oc1cccc(C(=O)NCC2CCN(C(=O)C(C)N3C(=O)c4ccccc4C3=O)CC2)c1. The third kappa shape index (κ3) is 5.08. The zero-order valence-electron chi connectivity index (χ0n) is 19.7. The first kappa shape index (κ1) is 24.1. The van der Waals surface area contributed by atoms with Crippen molar-refractivity contribution in [2.45, 2.75) is 32.7 Å². The summed E-state index contributed by atoms with van der Waals surface area (Å²) >= 11 is 0. The summed E-state index contributed by atoms with van der Waals surface area (Å²) < 4.78 is 5.02. The highest BCUT2D eigenvalue weighted by Crippen LogP contribution is 2.26. The van der Waals surface area contributed by atoms with Gasteiger partial charge in [-0.15, -0.1) is 0 Å². The summed E-state index contributed by atoms with van der Waals surface area (Å²) in [5.74, 6) is -1.37. The molecular formula is C26H27N3O6. The molecule has 182 valence electrons. The first-order valence-electron chi connectivity index (χ1n) is 11.6. The van der Waals surface area contributed by atoms with E-state index >= 15 is 0 Å². The standard InChI is InChI=1S/C26H27N3O6/c1-16(29-25(33)21-8-3-4-9-22(21)26(29)34)24(32)28-12-10-18(11-13-28)15-27-23(31)19-6-5-7-20(14-19)35-17(2)30/h3-9,14,16,18H,10-13,15H2,1-2H3,(H,27,31). The number of carbonyl (C=O) groups is 5. The normalized spacial score (nSPS) is 16.6. The Balaban J connectivity index is 1.28. The monoisotopic (exact) mass is 477 g/mol. The molecule has 1 N–H and O–H groups in total. The summed E-state index contributed by atoms with van der Waals surface area (Å²) in [5.41, 5.74) is 1.04. The summed E-state index contributed by atoms with van der Waals surface area (Å²) in [6.45, 7) is 4.29. The van der Waals surface area contributed by atoms with Crippen molar-refractivity contribution < 1.29 is 28.7 Å². The lowest BCUT2D eigenvalue weighted by Crippen LogP contribution is -2.51. The average molecular weight is 478 g/mol. The number of nitrogens with one attached hydrogen (secondary N) is 1. The first-order chi connectivity index (χ1) is 16.8. The van der Waals surface area contributed by atoms with Gasteiger partial charge in [0.25, 0.3) is 17.7 Å². The van der Waals surface area contributed by atoms with E-state index in [4.69, 9.17) is 4.74 Å². The Labute approximate surface area is 203 Å². The second kappa shape index (κ2) is 10.1. The molecule has 2 aromatic carbocycles. The molecule has 0 radical (unpaired) electrons. The lowest BCUT2D eigenvalue weighted by molar-refractivity contribution is -0.136. The molecule has 4 amide bonds. The number of rotatable bonds is 6. The number of fused-ring (bicyclic) bond motifs is 1. The van der Waals surface area contributed by atoms with E-state index in [1.54, 1.807) is 54.3 Å². The molecule has 9 nitrogen and oxygen atoms in total. The Hall–Kier alpha value is -4.01. The van der Waals surface area contributed by atoms with Crippen LogP contribution in [0.3, 0.4) is 0 Å². The predicted molar refractivity (Wildman–Crippen MR) is 126 cm³/mol. The highest BCUT2D eigenvalue weighted by Gasteiger charge is 2.42. The lowest BCUT2D eigenvalue weighted by atomic mass is 9.96. The molecular weight excluding hydrogens is 450 g/mol. The molecule has 1 unspecified atom stereocenters. The van der Waals surface area contributed by atoms with Crippen LogP contribution in [0.2, 0.25) is 0 Å². The van der Waals surface area contributed by atoms with Gasteiger partial charge in [0.05, 0.1) is 11.1 Å². The van der Waals surface area contributed by atoms with Crippen molar-refractivity contribution in [3.63, 3.8) is 0 Å². The van der Waals surface area contributed by atoms with Gasteiger partial charge in [-0.25, -0.2) is 0 Å². The molecule has 9 heteroatoms. The summed E-state index contributed by atoms with van der Waals surface area (Å²) in [4.78, 5) is 64.8. The van der Waals surface area contributed by atoms with Crippen LogP contribution in [0.1, 0.15) is 57.8 Å². The predicted octanol–water partition coefficient (Wildman–Crippen LogP) is 2.26. The van der Waals surface area contributed by atoms with Crippen LogP contribution >= 0.6 is 0 Å². The van der Waals surface area contributed by atoms with Crippen molar-refractivity contribution in [1.29, 1.82) is 0 Å². The van der Waals surface area contributed by atoms with Crippen molar-refractivity contribution >= 4 is 29.6 Å². The minimum atomic E-state index is -0.886. The van der Waals surface area contributed by atoms with Gasteiger partial charge < -0.3 is 15.0 Å². The van der Waals surface area contributed by atoms with Crippen LogP contribution in [-0.4, -0.2) is 65.1 Å². The van der Waals surface area contributed by atoms with Crippen LogP contribution in [0.5, 0.6) is 5.75 Å². The fraction of sp³-hybridized carbons (Fsp3) is 0.346. The molecule has 0 spiro atoms. The van der Waals surface area contributed by atoms with Crippen molar-refractivity contribution in [3.8, 4) is 5.75 Å². The molecule has 0 saturated carbocycles. The molecule has 2 heterocycles. The van der Waals surface area contributed by atoms with Gasteiger partial charge in [0.2, 0.25) is 5.91 Å². The minimum Gasteiger partial charge on any atom is -0.427 e. The van der Waals surface area contributed by atoms with Crippen molar-refractivity contribution in [1.82, 2.24) is 15.1 Å². The molecule has 0 aromatic heterocycles. The summed E-state index contributed by atoms with van der Waals surface area (Å²) in [5, 5.41) is 2.90. The third-order valence-electron chi connectivity index (χ3n) is 6.41. The number of piperidine rings is 1. The number of hydrogen-bond acceptors (Lipinski definition) is 6. The highest BCUT2D eigenvalue weighted by atomic mass is 16.5. The summed E-state index contributed by atoms with van der Waals surface area (Å²) in [6, 6.07) is 12.1. The molecule has 1 atom stereocenters. The van der Waals surface area contributed by atoms with Gasteiger partial charge in [0.15, 0.2) is 0 Å². The van der Waals surface area contributed by atoms with Gasteiger partial charge in [0, 0.05) is 32.1 Å². The summed E-state index contributed by atoms with van der Waals surface area (Å²) in [7, 11) is 0. The zero-order chi connectivity index (χ0) is 25.1. The van der Waals surface area contributed by atoms with E-state index in [1.807, 2.05) is 0 Å². The van der Waals surface area contributed by atoms with Gasteiger partial charge in [-0.3, -0.25) is 28.9 Å². The van der Waals surface area contributed by atoms with Gasteiger partial charge in [-0.2, -0.15) is 0 Å². The van der Waals surface area contributed by atoms with Crippen LogP contribution < -0.4 is 10.1 Å². The molecule has 35 heavy (non-hydrogen) atoms. The van der Waals surface area contributed by atoms with E-state index in [-0.39, 0.29) is 17.7 Å². The first-order valence-corrected chi connectivity index (χ1v) is 11.6. The number of esters is 1. The fourth-order valence-corrected chi connectivity index (χ4v) is 4.50. The van der Waals surface area contributed by atoms with Crippen molar-refractivity contribution in [3.05, 3.63) is 65.2 Å². The second-order valence-corrected chi connectivity index (χ2v) is 8.80. The maximum absolute atomic E-state index is 13.1. The summed E-state index contributed by atoms with van der Waals surface area (Å²) in [6.07, 6.45) is 1.38. The second-order valence-electron chi connectivity index (χ2n) is 8.80. The molecule has 0 aliphatic carbocycles. The molecule has 1 saturated heterocycles. The van der Waals surface area contributed by atoms with Crippen LogP contribution in [0.15, 0.2) is 48.5 Å². The van der Waals surface area contributed by atoms with E-state index in [2.05, 4.69) is 5.32 Å². The van der Waals surface area contributed by atoms with E-state index in [9.17, 15) is 24.0 Å². The maximum Gasteiger partial charge on any atom is 0.308 e. The number of ether oxygens (including phenoxy) is 1. The largest absolute Gasteiger partial charge is 0.427 e. The number of imide groups is 1. The Morgan fingerprint density at radius 3 is 2.23 bits per heavy atom. The third-order valence-corrected chi connectivity index (χ3v) is 6.41. The van der Waals surface area contributed by atoms with Gasteiger partial charge >= 0.3 is 5.97 Å². The van der Waals surface area contributed by atoms with Gasteiger partial charge in [-0.05, 0) is 56.0 Å². The number of hydrogen-bond donors (Lipinski definition) is 1. The number of benzene rings is 2. The number of amides is 4. The van der Waals surface area contributed by atoms with Crippen molar-refractivity contribution in [2.75, 3.05) is 19.6 Å². The Kier molecular flexibility index (Phi) is 6.95. The number of nitrogens with zero attached hydrogens (tertiary/aromatic N) is 2. The van der Waals surface area contributed by atoms with Crippen LogP contribution in [-0.2, 0) is 9.59 Å². The van der Waals surface area contributed by atoms with E-state index in [1.165, 1.54) is 13.0 Å². The molecule has 2 aromatic rings. The highest BCUT2D eigenvalue weighted by molar-refractivity contribution is 6.22. The van der Waals surface area contributed by atoms with Crippen LogP contribution in [0.4, 0.5) is 0 Å². The maximum atomic E-state index is 13.1. The Morgan fingerprint density at radius 1 is 1.00 bits per heavy atom. The molecule has 2 aliphatic rings. The van der Waals surface area contributed by atoms with Gasteiger partial charge in [0.1, 0.15) is 11.8 Å². The quantitative estimate of drug-likeness (QED) is 0.388. The number of likely N-dealkylation sites (tertiary alicyclic amines) is 1. The molecule has 2 aliphatic heterocycles. The van der Waals surface area contributed by atoms with Crippen LogP contribution in [0, 0.1) is 5.92 Å². The fourth-order valence-electron chi connectivity index (χ4n) is 4.50. The number of carbonyl (C=O) groups excluding carboxylic acids is 5. The van der Waals surface area contributed by atoms with E-state index < -0.39 is 23.8 Å². The average Bonchev–Trinajstić information content (AvgIpc) is 3.11. The lowest BCUT2D eigenvalue weighted by Gasteiger charge is -2.35. The molecule has 0 bridgehead atoms. The zero-order valence-corrected chi connectivity index (χ0v) is 19.7. The van der Waals surface area contributed by atoms with E-state index in [0.29, 0.717) is 54.9 Å². The molecule has 4 rings (SSSR count). The Bertz CT molecular complexity index is 1150. The van der Waals surface area contributed by atoms with E-state index in [0.717, 1.165) is 4.90 Å². The van der Waals surface area contributed by atoms with Gasteiger partial charge in [-0.1, -0.05) is 18.2 Å². The van der Waals surface area contributed by atoms with Crippen molar-refractivity contribution in [2.24, 2.45) is 5.92 Å². The smallest absolute Gasteiger partial charge is 0.308 e. The Morgan fingerprint density at radius 2 is 1.63 bits per heavy atom. The topological polar surface area (TPSA) is 113 Å². The minimum absolute atomic E-state index is 0.189. The van der Waals surface area contributed by atoms with Crippen LogP contribution in [0.25, 0.3) is 0 Å².